The minimum absolute atomic E-state index is 0.519. The first-order valence-corrected chi connectivity index (χ1v) is 5.49. The molecule has 0 saturated carbocycles. The molecule has 1 aromatic rings. The molecule has 0 amide bonds. The summed E-state index contributed by atoms with van der Waals surface area (Å²) in [6.45, 7) is 0. The number of benzene rings is 1. The van der Waals surface area contributed by atoms with Gasteiger partial charge in [0.2, 0.25) is 0 Å². The van der Waals surface area contributed by atoms with Crippen molar-refractivity contribution in [2.45, 2.75) is 9.67 Å². The van der Waals surface area contributed by atoms with Gasteiger partial charge in [-0.2, -0.15) is 0 Å². The fraction of sp³-hybridized carbons (Fsp3) is 0.250. The summed E-state index contributed by atoms with van der Waals surface area (Å²) >= 11 is 28.5. The molecule has 1 rings (SSSR count). The van der Waals surface area contributed by atoms with Gasteiger partial charge in [-0.15, -0.1) is 46.4 Å². The third-order valence-corrected chi connectivity index (χ3v) is 2.67. The second-order valence-electron chi connectivity index (χ2n) is 2.42. The Balaban J connectivity index is 3.11. The first-order chi connectivity index (χ1) is 6.00. The molecule has 0 atom stereocenters. The van der Waals surface area contributed by atoms with Crippen LogP contribution in [0.2, 0.25) is 5.02 Å². The lowest BCUT2D eigenvalue weighted by Crippen LogP contribution is -1.87. The lowest BCUT2D eigenvalue weighted by molar-refractivity contribution is 1.27. The van der Waals surface area contributed by atoms with Crippen molar-refractivity contribution in [3.63, 3.8) is 0 Å². The molecule has 0 aliphatic heterocycles. The van der Waals surface area contributed by atoms with Gasteiger partial charge in [0.1, 0.15) is 9.67 Å². The predicted octanol–water partition coefficient (Wildman–Crippen LogP) is 5.29. The number of rotatable bonds is 2. The third-order valence-electron chi connectivity index (χ3n) is 1.45. The van der Waals surface area contributed by atoms with Crippen molar-refractivity contribution in [3.8, 4) is 0 Å². The first kappa shape index (κ1) is 11.7. The number of hydrogen-bond acceptors (Lipinski definition) is 0. The fourth-order valence-electron chi connectivity index (χ4n) is 0.888. The van der Waals surface area contributed by atoms with E-state index in [4.69, 9.17) is 58.0 Å². The summed E-state index contributed by atoms with van der Waals surface area (Å²) in [6, 6.07) is 5.07. The van der Waals surface area contributed by atoms with Crippen molar-refractivity contribution < 1.29 is 0 Å². The highest BCUT2D eigenvalue weighted by atomic mass is 35.5. The van der Waals surface area contributed by atoms with Gasteiger partial charge in [0.05, 0.1) is 0 Å². The second-order valence-corrected chi connectivity index (χ2v) is 5.05. The Morgan fingerprint density at radius 2 is 1.15 bits per heavy atom. The Hall–Kier alpha value is 0.670. The summed E-state index contributed by atoms with van der Waals surface area (Å²) in [4.78, 5) is -1.24. The van der Waals surface area contributed by atoms with Crippen LogP contribution in [0.25, 0.3) is 0 Å². The van der Waals surface area contributed by atoms with Crippen LogP contribution in [0.15, 0.2) is 18.2 Å². The van der Waals surface area contributed by atoms with Crippen molar-refractivity contribution in [1.29, 1.82) is 0 Å². The zero-order valence-electron chi connectivity index (χ0n) is 6.28. The van der Waals surface area contributed by atoms with Gasteiger partial charge in [-0.3, -0.25) is 0 Å². The highest BCUT2D eigenvalue weighted by Crippen LogP contribution is 2.33. The van der Waals surface area contributed by atoms with Crippen LogP contribution in [0.1, 0.15) is 20.8 Å². The summed E-state index contributed by atoms with van der Waals surface area (Å²) < 4.78 is 0. The van der Waals surface area contributed by atoms with E-state index in [1.54, 1.807) is 18.2 Å². The van der Waals surface area contributed by atoms with Crippen LogP contribution in [-0.2, 0) is 0 Å². The third kappa shape index (κ3) is 3.38. The van der Waals surface area contributed by atoms with Crippen LogP contribution in [0.3, 0.4) is 0 Å². The van der Waals surface area contributed by atoms with Gasteiger partial charge in [0.15, 0.2) is 0 Å². The van der Waals surface area contributed by atoms with Gasteiger partial charge in [-0.1, -0.05) is 17.7 Å². The summed E-state index contributed by atoms with van der Waals surface area (Å²) in [7, 11) is 0. The van der Waals surface area contributed by atoms with Gasteiger partial charge in [-0.05, 0) is 23.3 Å². The van der Waals surface area contributed by atoms with Crippen LogP contribution in [0, 0.1) is 0 Å². The molecule has 0 bridgehead atoms. The van der Waals surface area contributed by atoms with E-state index in [1.807, 2.05) is 0 Å². The van der Waals surface area contributed by atoms with Crippen molar-refractivity contribution in [2.24, 2.45) is 0 Å². The largest absolute Gasteiger partial charge is 0.132 e. The number of hydrogen-bond donors (Lipinski definition) is 0. The molecule has 0 saturated heterocycles. The fourth-order valence-corrected chi connectivity index (χ4v) is 1.64. The molecule has 0 nitrogen and oxygen atoms in total. The summed E-state index contributed by atoms with van der Waals surface area (Å²) in [5.41, 5.74) is 1.38. The highest BCUT2D eigenvalue weighted by Gasteiger charge is 2.10. The Labute approximate surface area is 102 Å². The summed E-state index contributed by atoms with van der Waals surface area (Å²) in [5, 5.41) is 0.519. The van der Waals surface area contributed by atoms with E-state index >= 15 is 0 Å². The molecule has 5 heteroatoms. The lowest BCUT2D eigenvalue weighted by Gasteiger charge is -2.07. The van der Waals surface area contributed by atoms with Crippen molar-refractivity contribution in [3.05, 3.63) is 34.3 Å². The second kappa shape index (κ2) is 4.95. The zero-order valence-corrected chi connectivity index (χ0v) is 10.1. The van der Waals surface area contributed by atoms with E-state index in [2.05, 4.69) is 0 Å². The Bertz CT molecular complexity index is 268. The van der Waals surface area contributed by atoms with Gasteiger partial charge < -0.3 is 0 Å². The topological polar surface area (TPSA) is 0 Å². The van der Waals surface area contributed by atoms with Crippen LogP contribution >= 0.6 is 58.0 Å². The average Bonchev–Trinajstić information content (AvgIpc) is 2.03. The van der Waals surface area contributed by atoms with Gasteiger partial charge in [-0.25, -0.2) is 0 Å². The minimum atomic E-state index is -0.621. The molecule has 0 aromatic heterocycles. The molecule has 1 aromatic carbocycles. The molecule has 0 aliphatic rings. The van der Waals surface area contributed by atoms with E-state index in [-0.39, 0.29) is 0 Å². The van der Waals surface area contributed by atoms with Crippen molar-refractivity contribution >= 4 is 58.0 Å². The van der Waals surface area contributed by atoms with E-state index in [0.717, 1.165) is 0 Å². The van der Waals surface area contributed by atoms with Gasteiger partial charge in [0, 0.05) is 5.02 Å². The van der Waals surface area contributed by atoms with Crippen LogP contribution in [0.5, 0.6) is 0 Å². The summed E-state index contributed by atoms with van der Waals surface area (Å²) in [5.74, 6) is 0. The number of alkyl halides is 4. The molecular formula is C8H5Cl5. The van der Waals surface area contributed by atoms with Gasteiger partial charge in [0.25, 0.3) is 0 Å². The Kier molecular flexibility index (Phi) is 4.47. The maximum atomic E-state index is 5.80. The molecule has 0 radical (unpaired) electrons. The van der Waals surface area contributed by atoms with Crippen LogP contribution < -0.4 is 0 Å². The van der Waals surface area contributed by atoms with E-state index < -0.39 is 9.67 Å². The quantitative estimate of drug-likeness (QED) is 0.645. The zero-order chi connectivity index (χ0) is 10.0. The van der Waals surface area contributed by atoms with Gasteiger partial charge >= 0.3 is 0 Å². The monoisotopic (exact) mass is 276 g/mol. The molecule has 0 spiro atoms. The standard InChI is InChI=1S/C8H5Cl5/c9-6-2-4(7(10)11)1-5(3-6)8(12)13/h1-3,7-8H. The Morgan fingerprint density at radius 3 is 1.46 bits per heavy atom. The van der Waals surface area contributed by atoms with Crippen molar-refractivity contribution in [2.75, 3.05) is 0 Å². The molecule has 0 heterocycles. The summed E-state index contributed by atoms with van der Waals surface area (Å²) in [6.07, 6.45) is 0. The van der Waals surface area contributed by atoms with Crippen LogP contribution in [-0.4, -0.2) is 0 Å². The maximum absolute atomic E-state index is 5.80. The number of halogens is 5. The first-order valence-electron chi connectivity index (χ1n) is 3.37. The smallest absolute Gasteiger partial charge is 0.100 e. The molecule has 72 valence electrons. The molecular weight excluding hydrogens is 273 g/mol. The highest BCUT2D eigenvalue weighted by molar-refractivity contribution is 6.45. The predicted molar refractivity (Wildman–Crippen MR) is 60.3 cm³/mol. The maximum Gasteiger partial charge on any atom is 0.132 e. The van der Waals surface area contributed by atoms with E-state index in [0.29, 0.717) is 16.1 Å². The molecule has 13 heavy (non-hydrogen) atoms. The minimum Gasteiger partial charge on any atom is -0.100 e. The average molecular weight is 278 g/mol. The van der Waals surface area contributed by atoms with E-state index in [9.17, 15) is 0 Å². The Morgan fingerprint density at radius 1 is 0.769 bits per heavy atom. The van der Waals surface area contributed by atoms with Crippen LogP contribution in [0.4, 0.5) is 0 Å². The lowest BCUT2D eigenvalue weighted by atomic mass is 10.1. The molecule has 0 fully saturated rings. The normalized spacial score (nSPS) is 11.3. The van der Waals surface area contributed by atoms with Crippen molar-refractivity contribution in [1.82, 2.24) is 0 Å². The molecule has 0 N–H and O–H groups in total. The SMILES string of the molecule is Clc1cc(C(Cl)Cl)cc(C(Cl)Cl)c1. The molecule has 0 aliphatic carbocycles. The van der Waals surface area contributed by atoms with E-state index in [1.165, 1.54) is 0 Å². The molecule has 0 unspecified atom stereocenters.